The van der Waals surface area contributed by atoms with Crippen LogP contribution in [0.25, 0.3) is 0 Å². The Bertz CT molecular complexity index is 253. The van der Waals surface area contributed by atoms with Crippen molar-refractivity contribution >= 4 is 0 Å². The summed E-state index contributed by atoms with van der Waals surface area (Å²) in [5, 5.41) is 6.25. The Morgan fingerprint density at radius 3 is 2.69 bits per heavy atom. The Morgan fingerprint density at radius 2 is 2.15 bits per heavy atom. The molecule has 0 saturated heterocycles. The van der Waals surface area contributed by atoms with Crippen LogP contribution in [0.3, 0.4) is 0 Å². The lowest BCUT2D eigenvalue weighted by Crippen LogP contribution is -2.26. The molecular weight excluding hydrogens is 160 g/mol. The lowest BCUT2D eigenvalue weighted by atomic mass is 10.1. The van der Waals surface area contributed by atoms with Crippen molar-refractivity contribution in [3.8, 4) is 0 Å². The smallest absolute Gasteiger partial charge is 0.171 e. The van der Waals surface area contributed by atoms with Crippen molar-refractivity contribution in [3.05, 3.63) is 36.7 Å². The van der Waals surface area contributed by atoms with Gasteiger partial charge in [-0.05, 0) is 18.9 Å². The van der Waals surface area contributed by atoms with E-state index in [4.69, 9.17) is 11.8 Å². The molecule has 2 nitrogen and oxygen atoms in total. The number of hydrogen-bond donors (Lipinski definition) is 0. The average Bonchev–Trinajstić information content (AvgIpc) is 2.18. The van der Waals surface area contributed by atoms with Gasteiger partial charge in [-0.3, -0.25) is 0 Å². The maximum absolute atomic E-state index is 6.25. The first-order valence-corrected chi connectivity index (χ1v) is 4.49. The summed E-state index contributed by atoms with van der Waals surface area (Å²) >= 11 is 0. The monoisotopic (exact) mass is 176 g/mol. The molecular formula is C11H16N2. The van der Waals surface area contributed by atoms with Crippen molar-refractivity contribution in [1.29, 1.82) is 5.26 Å². The second-order valence-corrected chi connectivity index (χ2v) is 2.98. The summed E-state index contributed by atoms with van der Waals surface area (Å²) in [6.07, 6.45) is 8.04. The van der Waals surface area contributed by atoms with Crippen molar-refractivity contribution in [3.63, 3.8) is 0 Å². The van der Waals surface area contributed by atoms with Crippen LogP contribution < -0.4 is 4.57 Å². The van der Waals surface area contributed by atoms with Crippen molar-refractivity contribution in [2.45, 2.75) is 26.2 Å². The average molecular weight is 176 g/mol. The van der Waals surface area contributed by atoms with Gasteiger partial charge < -0.3 is 11.8 Å². The third-order valence-electron chi connectivity index (χ3n) is 1.82. The van der Waals surface area contributed by atoms with Crippen LogP contribution in [-0.4, -0.2) is 0 Å². The van der Waals surface area contributed by atoms with Crippen molar-refractivity contribution in [2.75, 3.05) is 0 Å². The first-order valence-electron chi connectivity index (χ1n) is 4.49. The van der Waals surface area contributed by atoms with Crippen LogP contribution in [0.5, 0.6) is 0 Å². The van der Waals surface area contributed by atoms with Gasteiger partial charge in [0.1, 0.15) is 7.05 Å². The molecule has 0 N–H and O–H groups in total. The minimum Gasteiger partial charge on any atom is -0.512 e. The molecule has 0 aliphatic carbocycles. The van der Waals surface area contributed by atoms with Gasteiger partial charge in [-0.2, -0.15) is 0 Å². The summed E-state index contributed by atoms with van der Waals surface area (Å²) in [6.45, 7) is 6.98. The molecule has 13 heavy (non-hydrogen) atoms. The molecule has 1 heterocycles. The largest absolute Gasteiger partial charge is 0.512 e. The number of aryl methyl sites for hydroxylation is 2. The van der Waals surface area contributed by atoms with Gasteiger partial charge in [0, 0.05) is 11.6 Å². The Hall–Kier alpha value is -1.36. The third kappa shape index (κ3) is 4.97. The van der Waals surface area contributed by atoms with Gasteiger partial charge in [-0.25, -0.2) is 4.57 Å². The molecule has 1 aromatic heterocycles. The molecule has 0 atom stereocenters. The zero-order valence-electron chi connectivity index (χ0n) is 8.33. The second-order valence-electron chi connectivity index (χ2n) is 2.98. The van der Waals surface area contributed by atoms with Gasteiger partial charge in [-0.15, -0.1) is 0 Å². The van der Waals surface area contributed by atoms with Crippen LogP contribution in [0.15, 0.2) is 24.5 Å². The standard InChI is InChI=1S/C10H16N.CN/c1-3-4-6-10-7-5-8-11(2)9-10;1-2/h5,7-9H,3-4,6H2,1-2H3;/q+1;-1. The summed E-state index contributed by atoms with van der Waals surface area (Å²) in [6, 6.07) is 4.29. The van der Waals surface area contributed by atoms with Crippen LogP contribution in [0.2, 0.25) is 0 Å². The summed E-state index contributed by atoms with van der Waals surface area (Å²) in [7, 11) is 2.06. The molecule has 0 saturated carbocycles. The van der Waals surface area contributed by atoms with Crippen LogP contribution in [-0.2, 0) is 13.5 Å². The summed E-state index contributed by atoms with van der Waals surface area (Å²) in [4.78, 5) is 0. The molecule has 0 unspecified atom stereocenters. The predicted octanol–water partition coefficient (Wildman–Crippen LogP) is 1.95. The number of unbranched alkanes of at least 4 members (excludes halogenated alkanes) is 1. The number of rotatable bonds is 3. The van der Waals surface area contributed by atoms with Crippen LogP contribution in [0.1, 0.15) is 25.3 Å². The van der Waals surface area contributed by atoms with Crippen molar-refractivity contribution in [2.24, 2.45) is 7.05 Å². The number of aromatic nitrogens is 1. The van der Waals surface area contributed by atoms with E-state index in [-0.39, 0.29) is 0 Å². The highest BCUT2D eigenvalue weighted by molar-refractivity contribution is 5.04. The molecule has 0 aliphatic heterocycles. The molecule has 0 fully saturated rings. The molecule has 0 spiro atoms. The topological polar surface area (TPSA) is 27.7 Å². The predicted molar refractivity (Wildman–Crippen MR) is 51.2 cm³/mol. The van der Waals surface area contributed by atoms with E-state index in [9.17, 15) is 0 Å². The quantitative estimate of drug-likeness (QED) is 0.511. The van der Waals surface area contributed by atoms with E-state index < -0.39 is 0 Å². The summed E-state index contributed by atoms with van der Waals surface area (Å²) in [5.41, 5.74) is 1.44. The zero-order valence-corrected chi connectivity index (χ0v) is 8.33. The molecule has 0 bridgehead atoms. The maximum Gasteiger partial charge on any atom is 0.171 e. The van der Waals surface area contributed by atoms with E-state index in [1.54, 1.807) is 0 Å². The van der Waals surface area contributed by atoms with E-state index >= 15 is 0 Å². The highest BCUT2D eigenvalue weighted by Gasteiger charge is 1.95. The molecule has 2 heteroatoms. The number of hydrogen-bond acceptors (Lipinski definition) is 1. The molecule has 1 aromatic rings. The minimum atomic E-state index is 1.21. The van der Waals surface area contributed by atoms with E-state index in [1.807, 2.05) is 0 Å². The first kappa shape index (κ1) is 11.6. The number of pyridine rings is 1. The molecule has 1 rings (SSSR count). The molecule has 0 amide bonds. The van der Waals surface area contributed by atoms with Gasteiger partial charge in [0.15, 0.2) is 12.4 Å². The molecule has 0 aliphatic rings. The SMILES string of the molecule is CCCCc1ccc[n+](C)c1.[C-]#N. The van der Waals surface area contributed by atoms with Crippen LogP contribution >= 0.6 is 0 Å². The fourth-order valence-corrected chi connectivity index (χ4v) is 1.18. The lowest BCUT2D eigenvalue weighted by molar-refractivity contribution is -0.671. The Morgan fingerprint density at radius 1 is 1.46 bits per heavy atom. The van der Waals surface area contributed by atoms with Gasteiger partial charge in [0.2, 0.25) is 0 Å². The third-order valence-corrected chi connectivity index (χ3v) is 1.82. The first-order chi connectivity index (χ1) is 6.33. The van der Waals surface area contributed by atoms with Gasteiger partial charge in [0.05, 0.1) is 0 Å². The molecule has 0 aromatic carbocycles. The van der Waals surface area contributed by atoms with E-state index in [2.05, 4.69) is 43.1 Å². The normalized spacial score (nSPS) is 8.62. The summed E-state index contributed by atoms with van der Waals surface area (Å²) in [5.74, 6) is 0. The van der Waals surface area contributed by atoms with Crippen molar-refractivity contribution < 1.29 is 4.57 Å². The highest BCUT2D eigenvalue weighted by atomic mass is 14.9. The van der Waals surface area contributed by atoms with Crippen LogP contribution in [0.4, 0.5) is 0 Å². The second kappa shape index (κ2) is 7.30. The fraction of sp³-hybridized carbons (Fsp3) is 0.455. The zero-order chi connectivity index (χ0) is 10.1. The van der Waals surface area contributed by atoms with Gasteiger partial charge in [0.25, 0.3) is 0 Å². The Labute approximate surface area is 80.4 Å². The number of nitrogens with zero attached hydrogens (tertiary/aromatic N) is 2. The van der Waals surface area contributed by atoms with Gasteiger partial charge >= 0.3 is 0 Å². The van der Waals surface area contributed by atoms with E-state index in [1.165, 1.54) is 24.8 Å². The Kier molecular flexibility index (Phi) is 6.53. The summed E-state index contributed by atoms with van der Waals surface area (Å²) < 4.78 is 2.10. The maximum atomic E-state index is 6.25. The minimum absolute atomic E-state index is 1.21. The van der Waals surface area contributed by atoms with E-state index in [0.717, 1.165) is 0 Å². The van der Waals surface area contributed by atoms with Gasteiger partial charge in [-0.1, -0.05) is 13.3 Å². The lowest BCUT2D eigenvalue weighted by Gasteiger charge is -1.95. The highest BCUT2D eigenvalue weighted by Crippen LogP contribution is 2.00. The van der Waals surface area contributed by atoms with E-state index in [0.29, 0.717) is 0 Å². The fourth-order valence-electron chi connectivity index (χ4n) is 1.18. The van der Waals surface area contributed by atoms with Crippen LogP contribution in [0, 0.1) is 11.8 Å². The molecule has 0 radical (unpaired) electrons. The Balaban J connectivity index is 0.000000671. The molecule has 70 valence electrons. The van der Waals surface area contributed by atoms with Crippen molar-refractivity contribution in [1.82, 2.24) is 0 Å².